The van der Waals surface area contributed by atoms with E-state index in [-0.39, 0.29) is 11.0 Å². The van der Waals surface area contributed by atoms with Gasteiger partial charge in [0.05, 0.1) is 0 Å². The zero-order chi connectivity index (χ0) is 16.5. The Morgan fingerprint density at radius 1 is 1.30 bits per heavy atom. The summed E-state index contributed by atoms with van der Waals surface area (Å²) in [4.78, 5) is 12.8. The lowest BCUT2D eigenvalue weighted by Crippen LogP contribution is -2.32. The van der Waals surface area contributed by atoms with Crippen molar-refractivity contribution >= 4 is 46.3 Å². The Kier molecular flexibility index (Phi) is 6.53. The smallest absolute Gasteiger partial charge is 0.250 e. The zero-order valence-corrected chi connectivity index (χ0v) is 14.0. The molecule has 0 saturated carbocycles. The molecule has 2 rings (SSSR count). The minimum atomic E-state index is -0.276. The lowest BCUT2D eigenvalue weighted by atomic mass is 10.3. The van der Waals surface area contributed by atoms with Crippen LogP contribution >= 0.6 is 23.6 Å². The lowest BCUT2D eigenvalue weighted by molar-refractivity contribution is -0.115. The van der Waals surface area contributed by atoms with Crippen molar-refractivity contribution in [3.63, 3.8) is 0 Å². The number of nitrogens with one attached hydrogen (secondary N) is 2. The number of thiocarbonyl (C=S) groups is 1. The minimum Gasteiger partial charge on any atom is -0.490 e. The molecule has 118 valence electrons. The number of carbonyl (C=O) groups is 1. The van der Waals surface area contributed by atoms with Crippen molar-refractivity contribution in [2.24, 2.45) is 0 Å². The molecule has 0 atom stereocenters. The molecule has 0 aliphatic rings. The van der Waals surface area contributed by atoms with Crippen molar-refractivity contribution < 1.29 is 9.53 Å². The molecule has 0 aliphatic heterocycles. The normalized spacial score (nSPS) is 10.3. The fourth-order valence-corrected chi connectivity index (χ4v) is 2.49. The van der Waals surface area contributed by atoms with E-state index < -0.39 is 0 Å². The van der Waals surface area contributed by atoms with Gasteiger partial charge in [-0.3, -0.25) is 10.1 Å². The van der Waals surface area contributed by atoms with Crippen LogP contribution in [-0.2, 0) is 4.79 Å². The summed E-state index contributed by atoms with van der Waals surface area (Å²) in [5.74, 6) is 0.464. The molecule has 6 heteroatoms. The highest BCUT2D eigenvalue weighted by Crippen LogP contribution is 2.15. The average molecular weight is 344 g/mol. The maximum absolute atomic E-state index is 11.8. The third-order valence-electron chi connectivity index (χ3n) is 2.66. The van der Waals surface area contributed by atoms with Crippen LogP contribution in [0.4, 0.5) is 5.69 Å². The van der Waals surface area contributed by atoms with Crippen molar-refractivity contribution in [2.75, 3.05) is 11.9 Å². The quantitative estimate of drug-likeness (QED) is 0.475. The molecule has 0 bridgehead atoms. The van der Waals surface area contributed by atoms with Crippen LogP contribution < -0.4 is 15.4 Å². The number of thiophene rings is 1. The number of ether oxygens (including phenoxy) is 1. The van der Waals surface area contributed by atoms with Crippen LogP contribution in [0, 0.1) is 0 Å². The van der Waals surface area contributed by atoms with Gasteiger partial charge in [-0.05, 0) is 54.0 Å². The SMILES string of the molecule is C=CCOc1ccc(NC(=S)NC(=O)C=Cc2cccs2)cc1. The van der Waals surface area contributed by atoms with Gasteiger partial charge in [0.25, 0.3) is 0 Å². The summed E-state index contributed by atoms with van der Waals surface area (Å²) in [5.41, 5.74) is 0.767. The number of benzene rings is 1. The van der Waals surface area contributed by atoms with E-state index in [1.807, 2.05) is 41.8 Å². The summed E-state index contributed by atoms with van der Waals surface area (Å²) in [6.45, 7) is 4.05. The standard InChI is InChI=1S/C17H16N2O2S2/c1-2-11-21-14-7-5-13(6-8-14)18-17(22)19-16(20)10-9-15-4-3-12-23-15/h2-10,12H,1,11H2,(H2,18,19,20,22). The molecular formula is C17H16N2O2S2. The number of hydrogen-bond acceptors (Lipinski definition) is 4. The molecule has 1 aromatic carbocycles. The van der Waals surface area contributed by atoms with Gasteiger partial charge >= 0.3 is 0 Å². The van der Waals surface area contributed by atoms with E-state index in [2.05, 4.69) is 17.2 Å². The maximum atomic E-state index is 11.8. The van der Waals surface area contributed by atoms with E-state index >= 15 is 0 Å². The molecule has 1 aromatic heterocycles. The molecule has 4 nitrogen and oxygen atoms in total. The van der Waals surface area contributed by atoms with Crippen LogP contribution in [0.2, 0.25) is 0 Å². The highest BCUT2D eigenvalue weighted by atomic mass is 32.1. The monoisotopic (exact) mass is 344 g/mol. The second-order valence-corrected chi connectivity index (χ2v) is 5.80. The second kappa shape index (κ2) is 8.87. The number of carbonyl (C=O) groups excluding carboxylic acids is 1. The van der Waals surface area contributed by atoms with Crippen molar-refractivity contribution in [3.8, 4) is 5.75 Å². The van der Waals surface area contributed by atoms with Crippen molar-refractivity contribution in [2.45, 2.75) is 0 Å². The molecule has 23 heavy (non-hydrogen) atoms. The van der Waals surface area contributed by atoms with E-state index in [1.165, 1.54) is 6.08 Å². The van der Waals surface area contributed by atoms with Crippen LogP contribution in [0.25, 0.3) is 6.08 Å². The van der Waals surface area contributed by atoms with Gasteiger partial charge < -0.3 is 10.1 Å². The molecule has 2 aromatic rings. The van der Waals surface area contributed by atoms with Crippen LogP contribution in [0.3, 0.4) is 0 Å². The van der Waals surface area contributed by atoms with E-state index in [1.54, 1.807) is 23.5 Å². The van der Waals surface area contributed by atoms with Gasteiger partial charge in [-0.2, -0.15) is 0 Å². The third-order valence-corrected chi connectivity index (χ3v) is 3.70. The number of anilines is 1. The molecule has 1 amide bonds. The first-order valence-corrected chi connectivity index (χ1v) is 8.13. The molecule has 2 N–H and O–H groups in total. The van der Waals surface area contributed by atoms with E-state index in [4.69, 9.17) is 17.0 Å². The Morgan fingerprint density at radius 2 is 2.09 bits per heavy atom. The molecular weight excluding hydrogens is 328 g/mol. The Morgan fingerprint density at radius 3 is 2.74 bits per heavy atom. The fourth-order valence-electron chi connectivity index (χ4n) is 1.65. The third kappa shape index (κ3) is 6.06. The highest BCUT2D eigenvalue weighted by molar-refractivity contribution is 7.80. The number of rotatable bonds is 6. The van der Waals surface area contributed by atoms with Gasteiger partial charge in [0.2, 0.25) is 5.91 Å². The van der Waals surface area contributed by atoms with Gasteiger partial charge in [0.15, 0.2) is 5.11 Å². The first kappa shape index (κ1) is 16.9. The Hall–Kier alpha value is -2.44. The topological polar surface area (TPSA) is 50.4 Å². The predicted octanol–water partition coefficient (Wildman–Crippen LogP) is 3.84. The van der Waals surface area contributed by atoms with Crippen LogP contribution in [0.5, 0.6) is 5.75 Å². The van der Waals surface area contributed by atoms with Crippen molar-refractivity contribution in [1.29, 1.82) is 0 Å². The Bertz CT molecular complexity index is 692. The van der Waals surface area contributed by atoms with Crippen LogP contribution in [0.1, 0.15) is 4.88 Å². The molecule has 0 radical (unpaired) electrons. The summed E-state index contributed by atoms with van der Waals surface area (Å²) < 4.78 is 5.39. The van der Waals surface area contributed by atoms with E-state index in [0.717, 1.165) is 16.3 Å². The van der Waals surface area contributed by atoms with E-state index in [0.29, 0.717) is 6.61 Å². The molecule has 0 spiro atoms. The molecule has 0 fully saturated rings. The maximum Gasteiger partial charge on any atom is 0.250 e. The average Bonchev–Trinajstić information content (AvgIpc) is 3.05. The fraction of sp³-hybridized carbons (Fsp3) is 0.0588. The summed E-state index contributed by atoms with van der Waals surface area (Å²) in [7, 11) is 0. The summed E-state index contributed by atoms with van der Waals surface area (Å²) in [6.07, 6.45) is 4.88. The minimum absolute atomic E-state index is 0.241. The predicted molar refractivity (Wildman–Crippen MR) is 99.9 cm³/mol. The second-order valence-electron chi connectivity index (χ2n) is 4.42. The Balaban J connectivity index is 1.81. The largest absolute Gasteiger partial charge is 0.490 e. The van der Waals surface area contributed by atoms with Gasteiger partial charge in [0.1, 0.15) is 12.4 Å². The molecule has 1 heterocycles. The summed E-state index contributed by atoms with van der Waals surface area (Å²) in [6, 6.07) is 11.1. The zero-order valence-electron chi connectivity index (χ0n) is 12.3. The molecule has 0 aliphatic carbocycles. The van der Waals surface area contributed by atoms with Gasteiger partial charge in [0, 0.05) is 16.6 Å². The van der Waals surface area contributed by atoms with Crippen molar-refractivity contribution in [1.82, 2.24) is 5.32 Å². The van der Waals surface area contributed by atoms with Gasteiger partial charge in [-0.1, -0.05) is 18.7 Å². The van der Waals surface area contributed by atoms with Gasteiger partial charge in [-0.25, -0.2) is 0 Å². The van der Waals surface area contributed by atoms with Crippen LogP contribution in [0.15, 0.2) is 60.5 Å². The molecule has 0 saturated heterocycles. The van der Waals surface area contributed by atoms with Crippen LogP contribution in [-0.4, -0.2) is 17.6 Å². The van der Waals surface area contributed by atoms with Gasteiger partial charge in [-0.15, -0.1) is 11.3 Å². The first-order valence-electron chi connectivity index (χ1n) is 6.84. The summed E-state index contributed by atoms with van der Waals surface area (Å²) in [5, 5.41) is 7.73. The molecule has 0 unspecified atom stereocenters. The van der Waals surface area contributed by atoms with E-state index in [9.17, 15) is 4.79 Å². The first-order chi connectivity index (χ1) is 11.2. The Labute approximate surface area is 144 Å². The summed E-state index contributed by atoms with van der Waals surface area (Å²) >= 11 is 6.67. The lowest BCUT2D eigenvalue weighted by Gasteiger charge is -2.09. The number of amides is 1. The number of hydrogen-bond donors (Lipinski definition) is 2. The highest BCUT2D eigenvalue weighted by Gasteiger charge is 2.02. The van der Waals surface area contributed by atoms with Crippen molar-refractivity contribution in [3.05, 3.63) is 65.4 Å².